The van der Waals surface area contributed by atoms with Crippen molar-refractivity contribution in [1.82, 2.24) is 10.6 Å². The van der Waals surface area contributed by atoms with Gasteiger partial charge >= 0.3 is 18.0 Å². The van der Waals surface area contributed by atoms with Gasteiger partial charge in [0, 0.05) is 6.54 Å². The van der Waals surface area contributed by atoms with Crippen LogP contribution in [-0.4, -0.2) is 48.9 Å². The van der Waals surface area contributed by atoms with Crippen molar-refractivity contribution in [2.45, 2.75) is 45.4 Å². The zero-order valence-corrected chi connectivity index (χ0v) is 15.9. The number of rotatable bonds is 11. The van der Waals surface area contributed by atoms with Crippen LogP contribution in [0.1, 0.15) is 32.3 Å². The Morgan fingerprint density at radius 1 is 1.11 bits per heavy atom. The molecule has 2 atom stereocenters. The number of methoxy groups -OCH3 is 1. The van der Waals surface area contributed by atoms with E-state index < -0.39 is 30.1 Å². The van der Waals surface area contributed by atoms with Crippen LogP contribution in [0.4, 0.5) is 4.79 Å². The van der Waals surface area contributed by atoms with E-state index in [0.29, 0.717) is 6.42 Å². The van der Waals surface area contributed by atoms with E-state index >= 15 is 0 Å². The molecule has 0 aliphatic heterocycles. The predicted octanol–water partition coefficient (Wildman–Crippen LogP) is 1.93. The number of carbonyl (C=O) groups excluding carboxylic acids is 2. The van der Waals surface area contributed by atoms with Crippen LogP contribution in [0.5, 0.6) is 0 Å². The van der Waals surface area contributed by atoms with Crippen molar-refractivity contribution < 1.29 is 29.0 Å². The van der Waals surface area contributed by atoms with Gasteiger partial charge < -0.3 is 19.9 Å². The number of carbonyl (C=O) groups is 3. The lowest BCUT2D eigenvalue weighted by Gasteiger charge is -2.22. The normalized spacial score (nSPS) is 12.9. The lowest BCUT2D eigenvalue weighted by Crippen LogP contribution is -2.49. The highest BCUT2D eigenvalue weighted by molar-refractivity contribution is 5.78. The van der Waals surface area contributed by atoms with E-state index in [-0.39, 0.29) is 25.5 Å². The highest BCUT2D eigenvalue weighted by Gasteiger charge is 2.27. The van der Waals surface area contributed by atoms with Crippen molar-refractivity contribution in [3.8, 4) is 0 Å². The van der Waals surface area contributed by atoms with E-state index in [1.165, 1.54) is 7.11 Å². The number of carboxylic acid groups (broad SMARTS) is 1. The molecule has 1 rings (SSSR count). The summed E-state index contributed by atoms with van der Waals surface area (Å²) in [7, 11) is 1.23. The average Bonchev–Trinajstić information content (AvgIpc) is 2.64. The number of hydrogen-bond acceptors (Lipinski definition) is 6. The molecule has 0 bridgehead atoms. The molecule has 0 radical (unpaired) electrons. The lowest BCUT2D eigenvalue weighted by molar-refractivity contribution is -0.145. The number of nitrogens with one attached hydrogen (secondary N) is 2. The fraction of sp³-hybridized carbons (Fsp3) is 0.526. The van der Waals surface area contributed by atoms with Gasteiger partial charge in [-0.05, 0) is 24.3 Å². The molecule has 0 fully saturated rings. The van der Waals surface area contributed by atoms with E-state index in [1.54, 1.807) is 0 Å². The fourth-order valence-corrected chi connectivity index (χ4v) is 2.46. The summed E-state index contributed by atoms with van der Waals surface area (Å²) in [6.07, 6.45) is -0.0656. The van der Waals surface area contributed by atoms with Crippen LogP contribution in [-0.2, 0) is 25.7 Å². The van der Waals surface area contributed by atoms with Crippen LogP contribution in [0.25, 0.3) is 0 Å². The number of carboxylic acids is 1. The Bertz CT molecular complexity index is 605. The number of amides is 1. The van der Waals surface area contributed by atoms with Crippen molar-refractivity contribution in [3.05, 3.63) is 35.9 Å². The molecular formula is C19H28N2O6. The Morgan fingerprint density at radius 3 is 2.33 bits per heavy atom. The zero-order valence-electron chi connectivity index (χ0n) is 15.9. The topological polar surface area (TPSA) is 114 Å². The minimum absolute atomic E-state index is 0.133. The van der Waals surface area contributed by atoms with Crippen molar-refractivity contribution in [3.63, 3.8) is 0 Å². The SMILES string of the molecule is COC(=O)C(CCNC(=O)OCc1ccccc1)N[C@@H](CC(C)C)C(=O)O. The number of esters is 1. The quantitative estimate of drug-likeness (QED) is 0.503. The first-order valence-corrected chi connectivity index (χ1v) is 8.84. The maximum absolute atomic E-state index is 11.9. The van der Waals surface area contributed by atoms with Crippen LogP contribution >= 0.6 is 0 Å². The molecule has 3 N–H and O–H groups in total. The Morgan fingerprint density at radius 2 is 1.78 bits per heavy atom. The molecule has 0 aromatic heterocycles. The third-order valence-electron chi connectivity index (χ3n) is 3.81. The third-order valence-corrected chi connectivity index (χ3v) is 3.81. The van der Waals surface area contributed by atoms with Gasteiger partial charge in [-0.25, -0.2) is 4.79 Å². The minimum atomic E-state index is -1.03. The second kappa shape index (κ2) is 11.9. The molecule has 8 heteroatoms. The molecule has 0 spiro atoms. The van der Waals surface area contributed by atoms with Gasteiger partial charge in [-0.1, -0.05) is 44.2 Å². The second-order valence-electron chi connectivity index (χ2n) is 6.54. The number of hydrogen-bond donors (Lipinski definition) is 3. The smallest absolute Gasteiger partial charge is 0.407 e. The number of alkyl carbamates (subject to hydrolysis) is 1. The van der Waals surface area contributed by atoms with Crippen LogP contribution in [0.2, 0.25) is 0 Å². The molecule has 0 saturated carbocycles. The molecule has 1 unspecified atom stereocenters. The zero-order chi connectivity index (χ0) is 20.2. The number of benzene rings is 1. The van der Waals surface area contributed by atoms with Gasteiger partial charge in [-0.3, -0.25) is 14.9 Å². The highest BCUT2D eigenvalue weighted by atomic mass is 16.5. The molecule has 0 saturated heterocycles. The van der Waals surface area contributed by atoms with Crippen molar-refractivity contribution in [2.75, 3.05) is 13.7 Å². The molecular weight excluding hydrogens is 352 g/mol. The highest BCUT2D eigenvalue weighted by Crippen LogP contribution is 2.08. The van der Waals surface area contributed by atoms with Gasteiger partial charge in [-0.2, -0.15) is 0 Å². The van der Waals surface area contributed by atoms with Gasteiger partial charge in [0.2, 0.25) is 0 Å². The van der Waals surface area contributed by atoms with Gasteiger partial charge in [0.1, 0.15) is 18.7 Å². The van der Waals surface area contributed by atoms with Crippen LogP contribution in [0.3, 0.4) is 0 Å². The summed E-state index contributed by atoms with van der Waals surface area (Å²) in [5, 5.41) is 14.7. The monoisotopic (exact) mass is 380 g/mol. The Balaban J connectivity index is 2.48. The van der Waals surface area contributed by atoms with E-state index in [2.05, 4.69) is 10.6 Å². The molecule has 1 aromatic carbocycles. The standard InChI is InChI=1S/C19H28N2O6/c1-13(2)11-16(17(22)23)21-15(18(24)26-3)9-10-20-19(25)27-12-14-7-5-4-6-8-14/h4-8,13,15-16,21H,9-12H2,1-3H3,(H,20,25)(H,22,23)/t15?,16-/m0/s1. The largest absolute Gasteiger partial charge is 0.480 e. The molecule has 1 aromatic rings. The van der Waals surface area contributed by atoms with Crippen molar-refractivity contribution >= 4 is 18.0 Å². The third kappa shape index (κ3) is 9.05. The summed E-state index contributed by atoms with van der Waals surface area (Å²) < 4.78 is 9.81. The average molecular weight is 380 g/mol. The Kier molecular flexibility index (Phi) is 9.89. The first kappa shape index (κ1) is 22.4. The first-order chi connectivity index (χ1) is 12.8. The Labute approximate surface area is 159 Å². The number of aliphatic carboxylic acids is 1. The predicted molar refractivity (Wildman–Crippen MR) is 99.1 cm³/mol. The molecule has 27 heavy (non-hydrogen) atoms. The molecule has 0 heterocycles. The van der Waals surface area contributed by atoms with Crippen LogP contribution < -0.4 is 10.6 Å². The Hall–Kier alpha value is -2.61. The summed E-state index contributed by atoms with van der Waals surface area (Å²) in [6.45, 7) is 4.07. The van der Waals surface area contributed by atoms with Gasteiger partial charge in [0.15, 0.2) is 0 Å². The molecule has 8 nitrogen and oxygen atoms in total. The molecule has 150 valence electrons. The second-order valence-corrected chi connectivity index (χ2v) is 6.54. The number of ether oxygens (including phenoxy) is 2. The van der Waals surface area contributed by atoms with Crippen LogP contribution in [0.15, 0.2) is 30.3 Å². The van der Waals surface area contributed by atoms with Crippen molar-refractivity contribution in [1.29, 1.82) is 0 Å². The molecule has 0 aliphatic carbocycles. The summed E-state index contributed by atoms with van der Waals surface area (Å²) in [4.78, 5) is 35.0. The van der Waals surface area contributed by atoms with Crippen LogP contribution in [0, 0.1) is 5.92 Å². The summed E-state index contributed by atoms with van der Waals surface area (Å²) >= 11 is 0. The van der Waals surface area contributed by atoms with E-state index in [4.69, 9.17) is 9.47 Å². The van der Waals surface area contributed by atoms with Crippen molar-refractivity contribution in [2.24, 2.45) is 5.92 Å². The summed E-state index contributed by atoms with van der Waals surface area (Å²) in [5.41, 5.74) is 0.861. The molecule has 1 amide bonds. The van der Waals surface area contributed by atoms with E-state index in [9.17, 15) is 19.5 Å². The maximum Gasteiger partial charge on any atom is 0.407 e. The maximum atomic E-state index is 11.9. The van der Waals surface area contributed by atoms with Gasteiger partial charge in [0.05, 0.1) is 7.11 Å². The fourth-order valence-electron chi connectivity index (χ4n) is 2.46. The van der Waals surface area contributed by atoms with E-state index in [0.717, 1.165) is 5.56 Å². The minimum Gasteiger partial charge on any atom is -0.480 e. The van der Waals surface area contributed by atoms with Gasteiger partial charge in [0.25, 0.3) is 0 Å². The lowest BCUT2D eigenvalue weighted by atomic mass is 10.0. The first-order valence-electron chi connectivity index (χ1n) is 8.84. The van der Waals surface area contributed by atoms with E-state index in [1.807, 2.05) is 44.2 Å². The summed E-state index contributed by atoms with van der Waals surface area (Å²) in [5.74, 6) is -1.47. The molecule has 0 aliphatic rings. The summed E-state index contributed by atoms with van der Waals surface area (Å²) in [6, 6.07) is 7.52. The van der Waals surface area contributed by atoms with Gasteiger partial charge in [-0.15, -0.1) is 0 Å².